The molecule has 0 radical (unpaired) electrons. The number of fused-ring (bicyclic) bond motifs is 1. The normalized spacial score (nSPS) is 10.7. The molecule has 3 rings (SSSR count). The Kier molecular flexibility index (Phi) is 5.71. The number of benzene rings is 3. The highest BCUT2D eigenvalue weighted by Gasteiger charge is 2.14. The highest BCUT2D eigenvalue weighted by atomic mass is 32.2. The number of carboxylic acid groups (broad SMARTS) is 2. The summed E-state index contributed by atoms with van der Waals surface area (Å²) >= 11 is 0. The maximum atomic E-state index is 11.0. The Bertz CT molecular complexity index is 1030. The molecule has 0 saturated heterocycles. The van der Waals surface area contributed by atoms with Crippen LogP contribution >= 0.6 is 0 Å². The molecule has 0 aromatic heterocycles. The molecule has 0 aliphatic heterocycles. The number of aromatic carboxylic acids is 2. The van der Waals surface area contributed by atoms with Gasteiger partial charge in [0.05, 0.1) is 11.1 Å². The van der Waals surface area contributed by atoms with Gasteiger partial charge in [-0.15, -0.1) is 0 Å². The largest absolute Gasteiger partial charge is 0.478 e. The predicted molar refractivity (Wildman–Crippen MR) is 94.1 cm³/mol. The van der Waals surface area contributed by atoms with Crippen molar-refractivity contribution in [2.45, 2.75) is 4.90 Å². The Morgan fingerprint density at radius 3 is 1.65 bits per heavy atom. The molecule has 0 amide bonds. The van der Waals surface area contributed by atoms with Crippen LogP contribution < -0.4 is 0 Å². The van der Waals surface area contributed by atoms with Crippen LogP contribution in [0.5, 0.6) is 0 Å². The van der Waals surface area contributed by atoms with Crippen LogP contribution in [0.1, 0.15) is 20.7 Å². The Hall–Kier alpha value is -3.23. The molecule has 0 saturated carbocycles. The third-order valence-corrected chi connectivity index (χ3v) is 4.33. The fourth-order valence-corrected chi connectivity index (χ4v) is 2.99. The smallest absolute Gasteiger partial charge is 0.336 e. The topological polar surface area (TPSA) is 129 Å². The number of hydrogen-bond donors (Lipinski definition) is 3. The second kappa shape index (κ2) is 7.77. The van der Waals surface area contributed by atoms with E-state index < -0.39 is 22.1 Å². The molecule has 3 N–H and O–H groups in total. The van der Waals surface area contributed by atoms with Gasteiger partial charge in [-0.1, -0.05) is 48.5 Å². The minimum atomic E-state index is -4.13. The lowest BCUT2D eigenvalue weighted by molar-refractivity contribution is 0.0651. The zero-order valence-corrected chi connectivity index (χ0v) is 14.1. The SMILES string of the molecule is O=C(O)c1ccccc1C(=O)O.O=S(=O)(O)c1cccc2ccccc12. The molecule has 3 aromatic carbocycles. The second-order valence-corrected chi connectivity index (χ2v) is 6.50. The summed E-state index contributed by atoms with van der Waals surface area (Å²) in [5.74, 6) is -2.46. The fourth-order valence-electron chi connectivity index (χ4n) is 2.28. The van der Waals surface area contributed by atoms with Crippen molar-refractivity contribution in [1.82, 2.24) is 0 Å². The van der Waals surface area contributed by atoms with Gasteiger partial charge in [0.2, 0.25) is 0 Å². The first-order valence-electron chi connectivity index (χ1n) is 7.22. The molecule has 0 fully saturated rings. The van der Waals surface area contributed by atoms with Crippen LogP contribution in [0.3, 0.4) is 0 Å². The Balaban J connectivity index is 0.000000190. The highest BCUT2D eigenvalue weighted by molar-refractivity contribution is 7.86. The standard InChI is InChI=1S/C10H8O3S.C8H6O4/c11-14(12,13)10-7-3-5-8-4-1-2-6-9(8)10;9-7(10)5-3-1-2-4-6(5)8(11)12/h1-7H,(H,11,12,13);1-4H,(H,9,10)(H,11,12). The summed E-state index contributed by atoms with van der Waals surface area (Å²) in [6.07, 6.45) is 0. The fraction of sp³-hybridized carbons (Fsp3) is 0. The minimum absolute atomic E-state index is 0.0457. The van der Waals surface area contributed by atoms with Crippen molar-refractivity contribution in [3.63, 3.8) is 0 Å². The van der Waals surface area contributed by atoms with Gasteiger partial charge in [-0.3, -0.25) is 4.55 Å². The summed E-state index contributed by atoms with van der Waals surface area (Å²) < 4.78 is 31.0. The van der Waals surface area contributed by atoms with Crippen molar-refractivity contribution < 1.29 is 32.8 Å². The summed E-state index contributed by atoms with van der Waals surface area (Å²) in [5.41, 5.74) is -0.380. The van der Waals surface area contributed by atoms with Crippen molar-refractivity contribution in [2.75, 3.05) is 0 Å². The molecule has 0 bridgehead atoms. The summed E-state index contributed by atoms with van der Waals surface area (Å²) in [5, 5.41) is 18.4. The molecule has 0 aliphatic rings. The maximum absolute atomic E-state index is 11.0. The Labute approximate surface area is 148 Å². The van der Waals surface area contributed by atoms with Gasteiger partial charge in [-0.2, -0.15) is 8.42 Å². The first kappa shape index (κ1) is 19.1. The van der Waals surface area contributed by atoms with Crippen molar-refractivity contribution in [3.8, 4) is 0 Å². The van der Waals surface area contributed by atoms with Gasteiger partial charge in [0, 0.05) is 5.39 Å². The van der Waals surface area contributed by atoms with Gasteiger partial charge in [-0.05, 0) is 23.6 Å². The number of carboxylic acids is 2. The molecule has 0 heterocycles. The lowest BCUT2D eigenvalue weighted by Gasteiger charge is -2.02. The molecule has 8 heteroatoms. The van der Waals surface area contributed by atoms with E-state index in [1.165, 1.54) is 30.3 Å². The van der Waals surface area contributed by atoms with Crippen LogP contribution in [0.25, 0.3) is 10.8 Å². The molecular formula is C18H14O7S. The van der Waals surface area contributed by atoms with Crippen LogP contribution in [-0.4, -0.2) is 35.1 Å². The van der Waals surface area contributed by atoms with E-state index in [1.807, 2.05) is 6.07 Å². The maximum Gasteiger partial charge on any atom is 0.336 e. The number of hydrogen-bond acceptors (Lipinski definition) is 4. The third-order valence-electron chi connectivity index (χ3n) is 3.42. The molecule has 3 aromatic rings. The average Bonchev–Trinajstić information content (AvgIpc) is 2.61. The zero-order chi connectivity index (χ0) is 19.3. The molecule has 7 nitrogen and oxygen atoms in total. The molecule has 0 atom stereocenters. The van der Waals surface area contributed by atoms with Crippen LogP contribution in [-0.2, 0) is 10.1 Å². The van der Waals surface area contributed by atoms with Gasteiger partial charge in [-0.25, -0.2) is 9.59 Å². The summed E-state index contributed by atoms with van der Waals surface area (Å²) in [4.78, 5) is 20.9. The van der Waals surface area contributed by atoms with Crippen LogP contribution in [0, 0.1) is 0 Å². The first-order chi connectivity index (χ1) is 12.2. The van der Waals surface area contributed by atoms with Crippen LogP contribution in [0.15, 0.2) is 71.6 Å². The van der Waals surface area contributed by atoms with Gasteiger partial charge in [0.1, 0.15) is 4.90 Å². The van der Waals surface area contributed by atoms with E-state index in [2.05, 4.69) is 0 Å². The number of rotatable bonds is 3. The van der Waals surface area contributed by atoms with E-state index in [-0.39, 0.29) is 16.0 Å². The zero-order valence-electron chi connectivity index (χ0n) is 13.2. The van der Waals surface area contributed by atoms with Gasteiger partial charge in [0.15, 0.2) is 0 Å². The van der Waals surface area contributed by atoms with Crippen LogP contribution in [0.4, 0.5) is 0 Å². The van der Waals surface area contributed by atoms with Crippen molar-refractivity contribution in [2.24, 2.45) is 0 Å². The Morgan fingerprint density at radius 2 is 1.15 bits per heavy atom. The van der Waals surface area contributed by atoms with E-state index >= 15 is 0 Å². The molecular weight excluding hydrogens is 360 g/mol. The van der Waals surface area contributed by atoms with E-state index in [4.69, 9.17) is 14.8 Å². The quantitative estimate of drug-likeness (QED) is 0.600. The van der Waals surface area contributed by atoms with E-state index in [0.717, 1.165) is 5.39 Å². The van der Waals surface area contributed by atoms with Crippen molar-refractivity contribution >= 4 is 32.8 Å². The van der Waals surface area contributed by atoms with Gasteiger partial charge >= 0.3 is 11.9 Å². The monoisotopic (exact) mass is 374 g/mol. The number of carbonyl (C=O) groups is 2. The Morgan fingerprint density at radius 1 is 0.692 bits per heavy atom. The van der Waals surface area contributed by atoms with Gasteiger partial charge in [0.25, 0.3) is 10.1 Å². The van der Waals surface area contributed by atoms with Crippen molar-refractivity contribution in [3.05, 3.63) is 77.9 Å². The average molecular weight is 374 g/mol. The molecule has 134 valence electrons. The van der Waals surface area contributed by atoms with Gasteiger partial charge < -0.3 is 10.2 Å². The summed E-state index contributed by atoms with van der Waals surface area (Å²) in [7, 11) is -4.13. The minimum Gasteiger partial charge on any atom is -0.478 e. The second-order valence-electron chi connectivity index (χ2n) is 5.11. The van der Waals surface area contributed by atoms with Crippen molar-refractivity contribution in [1.29, 1.82) is 0 Å². The van der Waals surface area contributed by atoms with E-state index in [0.29, 0.717) is 5.39 Å². The van der Waals surface area contributed by atoms with E-state index in [9.17, 15) is 18.0 Å². The highest BCUT2D eigenvalue weighted by Crippen LogP contribution is 2.22. The lowest BCUT2D eigenvalue weighted by atomic mass is 10.1. The summed E-state index contributed by atoms with van der Waals surface area (Å²) in [6, 6.07) is 17.3. The first-order valence-corrected chi connectivity index (χ1v) is 8.66. The predicted octanol–water partition coefficient (Wildman–Crippen LogP) is 3.17. The molecule has 0 spiro atoms. The molecule has 0 unspecified atom stereocenters. The summed E-state index contributed by atoms with van der Waals surface area (Å²) in [6.45, 7) is 0. The molecule has 0 aliphatic carbocycles. The molecule has 26 heavy (non-hydrogen) atoms. The lowest BCUT2D eigenvalue weighted by Crippen LogP contribution is -2.06. The van der Waals surface area contributed by atoms with Crippen LogP contribution in [0.2, 0.25) is 0 Å². The third kappa shape index (κ3) is 4.44. The van der Waals surface area contributed by atoms with E-state index in [1.54, 1.807) is 30.3 Å².